The van der Waals surface area contributed by atoms with Crippen molar-refractivity contribution in [2.75, 3.05) is 0 Å². The molecule has 4 nitrogen and oxygen atoms in total. The molecule has 0 bridgehead atoms. The van der Waals surface area contributed by atoms with Gasteiger partial charge in [-0.2, -0.15) is 4.98 Å². The van der Waals surface area contributed by atoms with Gasteiger partial charge in [0.2, 0.25) is 11.7 Å². The van der Waals surface area contributed by atoms with Crippen LogP contribution in [0, 0.1) is 0 Å². The molecule has 1 aliphatic rings. The fraction of sp³-hybridized carbons (Fsp3) is 0.333. The number of halogens is 1. The summed E-state index contributed by atoms with van der Waals surface area (Å²) >= 11 is 0. The van der Waals surface area contributed by atoms with Gasteiger partial charge in [-0.25, -0.2) is 0 Å². The highest BCUT2D eigenvalue weighted by molar-refractivity contribution is 5.94. The number of nitrogens with zero attached hydrogens (tertiary/aromatic N) is 2. The minimum absolute atomic E-state index is 0. The summed E-state index contributed by atoms with van der Waals surface area (Å²) in [5.74, 6) is 1.71. The monoisotopic (exact) mass is 329 g/mol. The van der Waals surface area contributed by atoms with Crippen molar-refractivity contribution in [3.05, 3.63) is 48.4 Å². The normalized spacial score (nSPS) is 21.1. The SMILES string of the molecule is Cl.NC1CCCC(c2nc(-c3cccc4ccccc34)no2)C1. The Balaban J connectivity index is 0.00000156. The van der Waals surface area contributed by atoms with E-state index in [4.69, 9.17) is 10.3 Å². The van der Waals surface area contributed by atoms with E-state index in [9.17, 15) is 0 Å². The maximum Gasteiger partial charge on any atom is 0.230 e. The van der Waals surface area contributed by atoms with Gasteiger partial charge in [0, 0.05) is 17.5 Å². The van der Waals surface area contributed by atoms with Crippen LogP contribution in [0.2, 0.25) is 0 Å². The molecule has 2 atom stereocenters. The van der Waals surface area contributed by atoms with Gasteiger partial charge in [-0.15, -0.1) is 12.4 Å². The predicted molar refractivity (Wildman–Crippen MR) is 93.7 cm³/mol. The van der Waals surface area contributed by atoms with Crippen molar-refractivity contribution in [1.82, 2.24) is 10.1 Å². The molecule has 23 heavy (non-hydrogen) atoms. The average Bonchev–Trinajstić information content (AvgIpc) is 3.04. The Bertz CT molecular complexity index is 796. The quantitative estimate of drug-likeness (QED) is 0.761. The van der Waals surface area contributed by atoms with Gasteiger partial charge in [0.25, 0.3) is 0 Å². The Kier molecular flexibility index (Phi) is 4.64. The van der Waals surface area contributed by atoms with Gasteiger partial charge < -0.3 is 10.3 Å². The van der Waals surface area contributed by atoms with Crippen LogP contribution in [0.4, 0.5) is 0 Å². The molecule has 3 aromatic rings. The molecule has 1 aromatic heterocycles. The molecule has 0 saturated heterocycles. The molecule has 1 fully saturated rings. The van der Waals surface area contributed by atoms with Crippen LogP contribution in [0.1, 0.15) is 37.5 Å². The van der Waals surface area contributed by atoms with Gasteiger partial charge in [-0.1, -0.05) is 54.0 Å². The van der Waals surface area contributed by atoms with Crippen LogP contribution in [-0.4, -0.2) is 16.2 Å². The lowest BCUT2D eigenvalue weighted by Gasteiger charge is -2.23. The Labute approximate surface area is 141 Å². The van der Waals surface area contributed by atoms with Crippen molar-refractivity contribution >= 4 is 23.2 Å². The van der Waals surface area contributed by atoms with Crippen LogP contribution in [-0.2, 0) is 0 Å². The molecule has 4 rings (SSSR count). The number of hydrogen-bond acceptors (Lipinski definition) is 4. The zero-order valence-corrected chi connectivity index (χ0v) is 13.6. The molecule has 0 amide bonds. The highest BCUT2D eigenvalue weighted by atomic mass is 35.5. The second-order valence-corrected chi connectivity index (χ2v) is 6.11. The molecule has 120 valence electrons. The van der Waals surface area contributed by atoms with Crippen molar-refractivity contribution in [3.63, 3.8) is 0 Å². The maximum atomic E-state index is 6.06. The first-order valence-electron chi connectivity index (χ1n) is 7.88. The lowest BCUT2D eigenvalue weighted by atomic mass is 9.86. The molecule has 2 unspecified atom stereocenters. The molecule has 1 aliphatic carbocycles. The molecule has 0 aliphatic heterocycles. The number of rotatable bonds is 2. The van der Waals surface area contributed by atoms with Gasteiger partial charge in [0.05, 0.1) is 0 Å². The second-order valence-electron chi connectivity index (χ2n) is 6.11. The van der Waals surface area contributed by atoms with Crippen molar-refractivity contribution < 1.29 is 4.52 Å². The van der Waals surface area contributed by atoms with Crippen molar-refractivity contribution in [2.45, 2.75) is 37.6 Å². The van der Waals surface area contributed by atoms with Gasteiger partial charge in [-0.05, 0) is 30.0 Å². The van der Waals surface area contributed by atoms with Crippen molar-refractivity contribution in [3.8, 4) is 11.4 Å². The van der Waals surface area contributed by atoms with E-state index in [0.29, 0.717) is 11.7 Å². The van der Waals surface area contributed by atoms with Crippen LogP contribution in [0.3, 0.4) is 0 Å². The van der Waals surface area contributed by atoms with E-state index < -0.39 is 0 Å². The third-order valence-corrected chi connectivity index (χ3v) is 4.54. The topological polar surface area (TPSA) is 64.9 Å². The van der Waals surface area contributed by atoms with Gasteiger partial charge in [-0.3, -0.25) is 0 Å². The van der Waals surface area contributed by atoms with Crippen LogP contribution in [0.15, 0.2) is 47.0 Å². The van der Waals surface area contributed by atoms with E-state index in [2.05, 4.69) is 28.3 Å². The van der Waals surface area contributed by atoms with E-state index >= 15 is 0 Å². The first-order valence-corrected chi connectivity index (χ1v) is 7.88. The second kappa shape index (κ2) is 6.69. The van der Waals surface area contributed by atoms with Crippen LogP contribution in [0.5, 0.6) is 0 Å². The predicted octanol–water partition coefficient (Wildman–Crippen LogP) is 4.30. The summed E-state index contributed by atoms with van der Waals surface area (Å²) in [5, 5.41) is 6.55. The molecule has 5 heteroatoms. The van der Waals surface area contributed by atoms with E-state index in [1.165, 1.54) is 5.39 Å². The molecular weight excluding hydrogens is 310 g/mol. The minimum atomic E-state index is 0. The Morgan fingerprint density at radius 1 is 1.04 bits per heavy atom. The largest absolute Gasteiger partial charge is 0.339 e. The molecule has 2 aromatic carbocycles. The first kappa shape index (κ1) is 16.0. The minimum Gasteiger partial charge on any atom is -0.339 e. The summed E-state index contributed by atoms with van der Waals surface area (Å²) in [6.45, 7) is 0. The lowest BCUT2D eigenvalue weighted by molar-refractivity contribution is 0.299. The smallest absolute Gasteiger partial charge is 0.230 e. The number of hydrogen-bond donors (Lipinski definition) is 1. The lowest BCUT2D eigenvalue weighted by Crippen LogP contribution is -2.26. The summed E-state index contributed by atoms with van der Waals surface area (Å²) in [7, 11) is 0. The molecule has 0 spiro atoms. The number of nitrogens with two attached hydrogens (primary N) is 1. The van der Waals surface area contributed by atoms with Gasteiger partial charge in [0.15, 0.2) is 0 Å². The zero-order chi connectivity index (χ0) is 14.9. The number of aromatic nitrogens is 2. The molecule has 1 heterocycles. The Hall–Kier alpha value is -1.91. The van der Waals surface area contributed by atoms with E-state index in [0.717, 1.165) is 42.5 Å². The Morgan fingerprint density at radius 3 is 2.74 bits per heavy atom. The van der Waals surface area contributed by atoms with E-state index in [1.54, 1.807) is 0 Å². The van der Waals surface area contributed by atoms with Crippen LogP contribution in [0.25, 0.3) is 22.2 Å². The van der Waals surface area contributed by atoms with E-state index in [-0.39, 0.29) is 18.4 Å². The fourth-order valence-corrected chi connectivity index (χ4v) is 3.38. The molecule has 2 N–H and O–H groups in total. The fourth-order valence-electron chi connectivity index (χ4n) is 3.38. The van der Waals surface area contributed by atoms with Gasteiger partial charge >= 0.3 is 0 Å². The standard InChI is InChI=1S/C18H19N3O.ClH/c19-14-8-3-7-13(11-14)18-20-17(21-22-18)16-10-4-6-12-5-1-2-9-15(12)16;/h1-2,4-6,9-10,13-14H,3,7-8,11,19H2;1H. The highest BCUT2D eigenvalue weighted by Crippen LogP contribution is 2.33. The molecule has 1 saturated carbocycles. The molecule has 0 radical (unpaired) electrons. The first-order chi connectivity index (χ1) is 10.8. The third kappa shape index (κ3) is 3.09. The summed E-state index contributed by atoms with van der Waals surface area (Å²) in [6.07, 6.45) is 4.26. The summed E-state index contributed by atoms with van der Waals surface area (Å²) in [4.78, 5) is 4.66. The number of benzene rings is 2. The van der Waals surface area contributed by atoms with Crippen LogP contribution < -0.4 is 5.73 Å². The Morgan fingerprint density at radius 2 is 1.87 bits per heavy atom. The summed E-state index contributed by atoms with van der Waals surface area (Å²) < 4.78 is 5.54. The average molecular weight is 330 g/mol. The summed E-state index contributed by atoms with van der Waals surface area (Å²) in [5.41, 5.74) is 7.09. The summed E-state index contributed by atoms with van der Waals surface area (Å²) in [6, 6.07) is 14.7. The van der Waals surface area contributed by atoms with Crippen molar-refractivity contribution in [2.24, 2.45) is 5.73 Å². The van der Waals surface area contributed by atoms with Crippen LogP contribution >= 0.6 is 12.4 Å². The molecular formula is C18H20ClN3O. The van der Waals surface area contributed by atoms with Crippen molar-refractivity contribution in [1.29, 1.82) is 0 Å². The number of fused-ring (bicyclic) bond motifs is 1. The van der Waals surface area contributed by atoms with Gasteiger partial charge in [0.1, 0.15) is 0 Å². The maximum absolute atomic E-state index is 6.06. The zero-order valence-electron chi connectivity index (χ0n) is 12.8. The highest BCUT2D eigenvalue weighted by Gasteiger charge is 2.25. The third-order valence-electron chi connectivity index (χ3n) is 4.54. The van der Waals surface area contributed by atoms with E-state index in [1.807, 2.05) is 24.3 Å².